The van der Waals surface area contributed by atoms with Crippen LogP contribution in [0.1, 0.15) is 33.6 Å². The number of ether oxygens (including phenoxy) is 1. The second-order valence-electron chi connectivity index (χ2n) is 3.49. The Morgan fingerprint density at radius 2 is 1.88 bits per heavy atom. The van der Waals surface area contributed by atoms with Crippen molar-refractivity contribution >= 4 is 13.8 Å². The van der Waals surface area contributed by atoms with Gasteiger partial charge in [-0.05, 0) is 13.3 Å². The quantitative estimate of drug-likeness (QED) is 0.509. The Hall–Kier alpha value is -0.420. The predicted molar refractivity (Wildman–Crippen MR) is 62.4 cm³/mol. The van der Waals surface area contributed by atoms with E-state index in [0.29, 0.717) is 12.8 Å². The molecule has 0 saturated carbocycles. The topological polar surface area (TPSA) is 82.1 Å². The third kappa shape index (κ3) is 8.32. The molecule has 0 amide bonds. The lowest BCUT2D eigenvalue weighted by Crippen LogP contribution is -2.17. The largest absolute Gasteiger partial charge is 0.472 e. The van der Waals surface area contributed by atoms with E-state index in [1.807, 2.05) is 6.92 Å². The van der Waals surface area contributed by atoms with Gasteiger partial charge in [0.1, 0.15) is 0 Å². The summed E-state index contributed by atoms with van der Waals surface area (Å²) < 4.78 is 25.5. The monoisotopic (exact) mass is 268 g/mol. The van der Waals surface area contributed by atoms with Crippen LogP contribution in [0.3, 0.4) is 0 Å². The predicted octanol–water partition coefficient (Wildman–Crippen LogP) is 2.12. The smallest absolute Gasteiger partial charge is 0.465 e. The third-order valence-electron chi connectivity index (χ3n) is 2.11. The maximum atomic E-state index is 11.2. The molecule has 0 aliphatic heterocycles. The van der Waals surface area contributed by atoms with Crippen LogP contribution in [0.25, 0.3) is 0 Å². The van der Waals surface area contributed by atoms with Crippen molar-refractivity contribution in [3.05, 3.63) is 0 Å². The van der Waals surface area contributed by atoms with Gasteiger partial charge in [0.05, 0.1) is 19.8 Å². The molecule has 0 aromatic rings. The van der Waals surface area contributed by atoms with Gasteiger partial charge in [-0.25, -0.2) is 4.57 Å². The number of phosphoric acid groups is 1. The summed E-state index contributed by atoms with van der Waals surface area (Å²) in [6.07, 6.45) is 0.998. The minimum atomic E-state index is -3.95. The number of hydrogen-bond donors (Lipinski definition) is 1. The first-order chi connectivity index (χ1) is 7.95. The summed E-state index contributed by atoms with van der Waals surface area (Å²) in [5.74, 6) is -0.396. The molecule has 0 radical (unpaired) electrons. The van der Waals surface area contributed by atoms with Crippen molar-refractivity contribution in [3.8, 4) is 0 Å². The van der Waals surface area contributed by atoms with E-state index in [4.69, 9.17) is 9.26 Å². The molecule has 0 saturated heterocycles. The fraction of sp³-hybridized carbons (Fsp3) is 0.900. The van der Waals surface area contributed by atoms with Crippen molar-refractivity contribution in [2.24, 2.45) is 5.92 Å². The lowest BCUT2D eigenvalue weighted by Gasteiger charge is -2.17. The second kappa shape index (κ2) is 8.64. The van der Waals surface area contributed by atoms with Gasteiger partial charge < -0.3 is 9.63 Å². The SMILES string of the molecule is CCOP(=O)(O)OCC(CC)COC(=O)CC. The molecule has 7 heteroatoms. The molecule has 0 heterocycles. The number of phosphoric ester groups is 1. The highest BCUT2D eigenvalue weighted by molar-refractivity contribution is 7.47. The van der Waals surface area contributed by atoms with Gasteiger partial charge >= 0.3 is 13.8 Å². The van der Waals surface area contributed by atoms with E-state index >= 15 is 0 Å². The molecule has 0 aliphatic rings. The molecule has 0 aromatic carbocycles. The van der Waals surface area contributed by atoms with Gasteiger partial charge in [-0.15, -0.1) is 0 Å². The highest BCUT2D eigenvalue weighted by Gasteiger charge is 2.22. The van der Waals surface area contributed by atoms with Gasteiger partial charge in [0.15, 0.2) is 0 Å². The molecule has 102 valence electrons. The van der Waals surface area contributed by atoms with Crippen molar-refractivity contribution < 1.29 is 28.0 Å². The highest BCUT2D eigenvalue weighted by Crippen LogP contribution is 2.43. The van der Waals surface area contributed by atoms with Gasteiger partial charge in [-0.2, -0.15) is 0 Å². The average Bonchev–Trinajstić information content (AvgIpc) is 2.28. The molecule has 0 bridgehead atoms. The summed E-state index contributed by atoms with van der Waals surface area (Å²) in [7, 11) is -3.95. The minimum Gasteiger partial charge on any atom is -0.465 e. The molecule has 0 spiro atoms. The summed E-state index contributed by atoms with van der Waals surface area (Å²) in [6.45, 7) is 5.52. The van der Waals surface area contributed by atoms with Gasteiger partial charge in [0.2, 0.25) is 0 Å². The highest BCUT2D eigenvalue weighted by atomic mass is 31.2. The first-order valence-electron chi connectivity index (χ1n) is 5.72. The van der Waals surface area contributed by atoms with Crippen LogP contribution >= 0.6 is 7.82 Å². The first kappa shape index (κ1) is 16.6. The maximum Gasteiger partial charge on any atom is 0.472 e. The second-order valence-corrected chi connectivity index (χ2v) is 4.95. The Balaban J connectivity index is 3.97. The molecule has 0 aromatic heterocycles. The van der Waals surface area contributed by atoms with Crippen LogP contribution in [0.15, 0.2) is 0 Å². The number of carbonyl (C=O) groups excluding carboxylic acids is 1. The Morgan fingerprint density at radius 3 is 2.35 bits per heavy atom. The molecule has 0 aliphatic carbocycles. The summed E-state index contributed by atoms with van der Waals surface area (Å²) in [4.78, 5) is 20.1. The molecule has 2 unspecified atom stereocenters. The molecule has 1 N–H and O–H groups in total. The van der Waals surface area contributed by atoms with Gasteiger partial charge in [0.25, 0.3) is 0 Å². The summed E-state index contributed by atoms with van der Waals surface area (Å²) in [5.41, 5.74) is 0. The average molecular weight is 268 g/mol. The Labute approximate surface area is 102 Å². The minimum absolute atomic E-state index is 0.0290. The van der Waals surface area contributed by atoms with Crippen molar-refractivity contribution in [1.29, 1.82) is 0 Å². The number of carbonyl (C=O) groups is 1. The number of rotatable bonds is 9. The van der Waals surface area contributed by atoms with E-state index in [1.165, 1.54) is 0 Å². The standard InChI is InChI=1S/C10H21O6P/c1-4-9(7-14-10(11)5-2)8-16-17(12,13)15-6-3/h9H,4-8H2,1-3H3,(H,12,13). The number of esters is 1. The molecular weight excluding hydrogens is 247 g/mol. The van der Waals surface area contributed by atoms with Crippen molar-refractivity contribution in [2.45, 2.75) is 33.6 Å². The van der Waals surface area contributed by atoms with Crippen LogP contribution in [0.4, 0.5) is 0 Å². The lowest BCUT2D eigenvalue weighted by molar-refractivity contribution is -0.144. The van der Waals surface area contributed by atoms with E-state index in [2.05, 4.69) is 4.52 Å². The molecule has 0 fully saturated rings. The third-order valence-corrected chi connectivity index (χ3v) is 3.17. The van der Waals surface area contributed by atoms with E-state index in [-0.39, 0.29) is 31.7 Å². The zero-order chi connectivity index (χ0) is 13.3. The van der Waals surface area contributed by atoms with Crippen LogP contribution in [0.5, 0.6) is 0 Å². The van der Waals surface area contributed by atoms with Crippen LogP contribution in [0, 0.1) is 5.92 Å². The van der Waals surface area contributed by atoms with Gasteiger partial charge in [-0.1, -0.05) is 13.8 Å². The summed E-state index contributed by atoms with van der Waals surface area (Å²) >= 11 is 0. The fourth-order valence-corrected chi connectivity index (χ4v) is 1.80. The number of hydrogen-bond acceptors (Lipinski definition) is 5. The van der Waals surface area contributed by atoms with Gasteiger partial charge in [0, 0.05) is 12.3 Å². The van der Waals surface area contributed by atoms with Gasteiger partial charge in [-0.3, -0.25) is 13.8 Å². The Bertz CT molecular complexity index is 268. The van der Waals surface area contributed by atoms with E-state index in [0.717, 1.165) is 0 Å². The van der Waals surface area contributed by atoms with Crippen molar-refractivity contribution in [2.75, 3.05) is 19.8 Å². The van der Waals surface area contributed by atoms with Crippen LogP contribution in [-0.2, 0) is 23.1 Å². The van der Waals surface area contributed by atoms with Crippen molar-refractivity contribution in [1.82, 2.24) is 0 Å². The zero-order valence-corrected chi connectivity index (χ0v) is 11.4. The van der Waals surface area contributed by atoms with Crippen LogP contribution in [-0.4, -0.2) is 30.7 Å². The molecule has 0 rings (SSSR count). The Kier molecular flexibility index (Phi) is 8.43. The van der Waals surface area contributed by atoms with E-state index < -0.39 is 7.82 Å². The van der Waals surface area contributed by atoms with Crippen LogP contribution < -0.4 is 0 Å². The van der Waals surface area contributed by atoms with Crippen molar-refractivity contribution in [3.63, 3.8) is 0 Å². The zero-order valence-electron chi connectivity index (χ0n) is 10.5. The summed E-state index contributed by atoms with van der Waals surface area (Å²) in [6, 6.07) is 0. The maximum absolute atomic E-state index is 11.2. The summed E-state index contributed by atoms with van der Waals surface area (Å²) in [5, 5.41) is 0. The fourth-order valence-electron chi connectivity index (χ4n) is 0.997. The molecular formula is C10H21O6P. The molecule has 6 nitrogen and oxygen atoms in total. The van der Waals surface area contributed by atoms with E-state index in [1.54, 1.807) is 13.8 Å². The normalized spacial score (nSPS) is 16.2. The molecule has 2 atom stereocenters. The van der Waals surface area contributed by atoms with Crippen LogP contribution in [0.2, 0.25) is 0 Å². The lowest BCUT2D eigenvalue weighted by atomic mass is 10.1. The first-order valence-corrected chi connectivity index (χ1v) is 7.22. The van der Waals surface area contributed by atoms with E-state index in [9.17, 15) is 14.3 Å². The Morgan fingerprint density at radius 1 is 1.24 bits per heavy atom. The molecule has 17 heavy (non-hydrogen) atoms.